The van der Waals surface area contributed by atoms with E-state index in [0.29, 0.717) is 34.2 Å². The summed E-state index contributed by atoms with van der Waals surface area (Å²) in [5.74, 6) is 0.832. The minimum Gasteiger partial charge on any atom is -0.369 e. The minimum absolute atomic E-state index is 0.0653. The van der Waals surface area contributed by atoms with E-state index in [1.165, 1.54) is 18.6 Å². The summed E-state index contributed by atoms with van der Waals surface area (Å²) in [6.45, 7) is 4.12. The zero-order valence-corrected chi connectivity index (χ0v) is 17.7. The molecule has 4 aromatic rings. The Morgan fingerprint density at radius 1 is 1.12 bits per heavy atom. The lowest BCUT2D eigenvalue weighted by Gasteiger charge is -2.33. The molecule has 1 aromatic heterocycles. The van der Waals surface area contributed by atoms with Crippen molar-refractivity contribution in [2.45, 2.75) is 19.8 Å². The first-order valence-electron chi connectivity index (χ1n) is 11.0. The lowest BCUT2D eigenvalue weighted by molar-refractivity contribution is 0.104. The summed E-state index contributed by atoms with van der Waals surface area (Å²) >= 11 is 0. The van der Waals surface area contributed by atoms with Gasteiger partial charge in [-0.3, -0.25) is 4.79 Å². The van der Waals surface area contributed by atoms with Gasteiger partial charge in [-0.05, 0) is 49.1 Å². The molecule has 1 N–H and O–H groups in total. The normalized spacial score (nSPS) is 17.5. The molecule has 6 rings (SSSR count). The molecule has 0 saturated carbocycles. The third-order valence-corrected chi connectivity index (χ3v) is 6.50. The van der Waals surface area contributed by atoms with E-state index in [2.05, 4.69) is 22.3 Å². The first-order chi connectivity index (χ1) is 15.6. The standard InChI is InChI=1S/C26H22FN3O2/c1-15-5-4-12-30(14-15)21-13-20(28-17-10-8-16(27)9-11-17)22-23-24(21)29-32-26(23)19-7-3-2-6-18(19)25(22)31/h2-3,6-11,13,15,28H,4-5,12,14H2,1H3/t15-/m1/s1. The predicted molar refractivity (Wildman–Crippen MR) is 123 cm³/mol. The Bertz CT molecular complexity index is 1360. The van der Waals surface area contributed by atoms with Crippen molar-refractivity contribution < 1.29 is 13.7 Å². The third kappa shape index (κ3) is 2.90. The minimum atomic E-state index is -0.304. The maximum absolute atomic E-state index is 13.6. The van der Waals surface area contributed by atoms with Gasteiger partial charge in [0.15, 0.2) is 11.5 Å². The summed E-state index contributed by atoms with van der Waals surface area (Å²) in [6.07, 6.45) is 2.31. The van der Waals surface area contributed by atoms with Gasteiger partial charge in [-0.1, -0.05) is 36.3 Å². The molecule has 1 aliphatic heterocycles. The van der Waals surface area contributed by atoms with Crippen LogP contribution in [0.25, 0.3) is 22.2 Å². The van der Waals surface area contributed by atoms with E-state index in [-0.39, 0.29) is 11.6 Å². The fraction of sp³-hybridized carbons (Fsp3) is 0.231. The molecule has 1 aliphatic carbocycles. The van der Waals surface area contributed by atoms with E-state index >= 15 is 0 Å². The van der Waals surface area contributed by atoms with Crippen LogP contribution >= 0.6 is 0 Å². The predicted octanol–water partition coefficient (Wildman–Crippen LogP) is 6.16. The molecule has 0 bridgehead atoms. The highest BCUT2D eigenvalue weighted by Gasteiger charge is 2.34. The number of nitrogens with one attached hydrogen (secondary N) is 1. The second kappa shape index (κ2) is 7.19. The fourth-order valence-corrected chi connectivity index (χ4v) is 4.98. The van der Waals surface area contributed by atoms with Gasteiger partial charge in [0.05, 0.1) is 22.3 Å². The first-order valence-corrected chi connectivity index (χ1v) is 11.0. The Kier molecular flexibility index (Phi) is 4.28. The number of fused-ring (bicyclic) bond motifs is 2. The van der Waals surface area contributed by atoms with Gasteiger partial charge in [0.25, 0.3) is 0 Å². The van der Waals surface area contributed by atoms with Crippen LogP contribution in [0.15, 0.2) is 59.1 Å². The van der Waals surface area contributed by atoms with Gasteiger partial charge in [0.1, 0.15) is 11.3 Å². The molecule has 1 atom stereocenters. The number of piperidine rings is 1. The number of nitrogens with zero attached hydrogens (tertiary/aromatic N) is 2. The molecule has 3 aromatic carbocycles. The van der Waals surface area contributed by atoms with Gasteiger partial charge >= 0.3 is 0 Å². The summed E-state index contributed by atoms with van der Waals surface area (Å²) in [4.78, 5) is 15.9. The number of carbonyl (C=O) groups is 1. The van der Waals surface area contributed by atoms with Crippen molar-refractivity contribution in [1.29, 1.82) is 0 Å². The smallest absolute Gasteiger partial charge is 0.196 e. The van der Waals surface area contributed by atoms with Crippen molar-refractivity contribution >= 4 is 33.7 Å². The monoisotopic (exact) mass is 427 g/mol. The van der Waals surface area contributed by atoms with Crippen molar-refractivity contribution in [2.75, 3.05) is 23.3 Å². The van der Waals surface area contributed by atoms with Crippen LogP contribution in [-0.4, -0.2) is 24.0 Å². The molecule has 0 radical (unpaired) electrons. The maximum Gasteiger partial charge on any atom is 0.196 e. The van der Waals surface area contributed by atoms with Crippen LogP contribution in [0.2, 0.25) is 0 Å². The number of halogens is 1. The number of carbonyl (C=O) groups excluding carboxylic acids is 1. The van der Waals surface area contributed by atoms with Gasteiger partial charge in [-0.25, -0.2) is 4.39 Å². The van der Waals surface area contributed by atoms with Crippen LogP contribution in [0.4, 0.5) is 21.5 Å². The van der Waals surface area contributed by atoms with Crippen molar-refractivity contribution in [3.05, 3.63) is 71.5 Å². The number of aromatic nitrogens is 1. The van der Waals surface area contributed by atoms with Crippen molar-refractivity contribution in [2.24, 2.45) is 5.92 Å². The van der Waals surface area contributed by atoms with Crippen molar-refractivity contribution in [3.63, 3.8) is 0 Å². The van der Waals surface area contributed by atoms with E-state index in [1.807, 2.05) is 30.3 Å². The second-order valence-corrected chi connectivity index (χ2v) is 8.75. The maximum atomic E-state index is 13.6. The molecule has 2 aliphatic rings. The Balaban J connectivity index is 1.60. The van der Waals surface area contributed by atoms with Gasteiger partial charge in [-0.15, -0.1) is 0 Å². The number of anilines is 3. The van der Waals surface area contributed by atoms with Crippen LogP contribution in [0.3, 0.4) is 0 Å². The zero-order valence-electron chi connectivity index (χ0n) is 17.7. The van der Waals surface area contributed by atoms with E-state index in [0.717, 1.165) is 41.7 Å². The van der Waals surface area contributed by atoms with Crippen LogP contribution in [0, 0.1) is 11.7 Å². The SMILES string of the molecule is C[C@@H]1CCCN(c2cc(Nc3ccc(F)cc3)c3c4c(onc24)-c2ccccc2C3=O)C1. The summed E-state index contributed by atoms with van der Waals surface area (Å²) in [7, 11) is 0. The Morgan fingerprint density at radius 3 is 2.69 bits per heavy atom. The zero-order chi connectivity index (χ0) is 21.8. The molecular formula is C26H22FN3O2. The van der Waals surface area contributed by atoms with Gasteiger partial charge < -0.3 is 14.7 Å². The second-order valence-electron chi connectivity index (χ2n) is 8.75. The first kappa shape index (κ1) is 19.0. The largest absolute Gasteiger partial charge is 0.369 e. The molecule has 0 spiro atoms. The number of hydrogen-bond acceptors (Lipinski definition) is 5. The summed E-state index contributed by atoms with van der Waals surface area (Å²) in [5, 5.41) is 8.54. The lowest BCUT2D eigenvalue weighted by Crippen LogP contribution is -2.34. The summed E-state index contributed by atoms with van der Waals surface area (Å²) in [6, 6.07) is 15.6. The van der Waals surface area contributed by atoms with E-state index in [4.69, 9.17) is 4.52 Å². The molecule has 2 heterocycles. The Morgan fingerprint density at radius 2 is 1.91 bits per heavy atom. The van der Waals surface area contributed by atoms with Gasteiger partial charge in [-0.2, -0.15) is 0 Å². The highest BCUT2D eigenvalue weighted by atomic mass is 19.1. The number of hydrogen-bond donors (Lipinski definition) is 1. The Hall–Kier alpha value is -3.67. The van der Waals surface area contributed by atoms with Crippen molar-refractivity contribution in [1.82, 2.24) is 5.16 Å². The fourth-order valence-electron chi connectivity index (χ4n) is 4.98. The summed E-state index contributed by atoms with van der Waals surface area (Å²) < 4.78 is 19.3. The summed E-state index contributed by atoms with van der Waals surface area (Å²) in [5.41, 5.74) is 4.99. The molecule has 160 valence electrons. The molecule has 0 amide bonds. The number of rotatable bonds is 3. The van der Waals surface area contributed by atoms with E-state index in [9.17, 15) is 9.18 Å². The molecule has 5 nitrogen and oxygen atoms in total. The van der Waals surface area contributed by atoms with Crippen molar-refractivity contribution in [3.8, 4) is 11.3 Å². The molecule has 1 fully saturated rings. The molecule has 32 heavy (non-hydrogen) atoms. The number of benzene rings is 3. The topological polar surface area (TPSA) is 58.4 Å². The highest BCUT2D eigenvalue weighted by molar-refractivity contribution is 6.28. The van der Waals surface area contributed by atoms with Gasteiger partial charge in [0.2, 0.25) is 0 Å². The van der Waals surface area contributed by atoms with E-state index in [1.54, 1.807) is 12.1 Å². The average Bonchev–Trinajstić information content (AvgIpc) is 3.24. The highest BCUT2D eigenvalue weighted by Crippen LogP contribution is 2.46. The quantitative estimate of drug-likeness (QED) is 0.374. The van der Waals surface area contributed by atoms with E-state index < -0.39 is 0 Å². The third-order valence-electron chi connectivity index (χ3n) is 6.50. The molecule has 6 heteroatoms. The van der Waals surface area contributed by atoms with Crippen LogP contribution in [0.5, 0.6) is 0 Å². The number of ketones is 1. The molecule has 0 unspecified atom stereocenters. The molecular weight excluding hydrogens is 405 g/mol. The Labute approximate surface area is 184 Å². The van der Waals surface area contributed by atoms with Crippen LogP contribution in [-0.2, 0) is 0 Å². The van der Waals surface area contributed by atoms with Crippen LogP contribution in [0.1, 0.15) is 35.7 Å². The average molecular weight is 427 g/mol. The van der Waals surface area contributed by atoms with Crippen LogP contribution < -0.4 is 10.2 Å². The van der Waals surface area contributed by atoms with Gasteiger partial charge in [0, 0.05) is 29.9 Å². The molecule has 1 saturated heterocycles. The lowest BCUT2D eigenvalue weighted by atomic mass is 9.86.